The Morgan fingerprint density at radius 1 is 1.21 bits per heavy atom. The molecular weight excluding hydrogens is 300 g/mol. The van der Waals surface area contributed by atoms with Crippen LogP contribution in [0.25, 0.3) is 11.3 Å². The van der Waals surface area contributed by atoms with Crippen LogP contribution >= 0.6 is 15.9 Å². The van der Waals surface area contributed by atoms with Crippen LogP contribution in [0.4, 0.5) is 0 Å². The predicted molar refractivity (Wildman–Crippen MR) is 82.0 cm³/mol. The first-order valence-corrected chi connectivity index (χ1v) is 7.90. The fourth-order valence-electron chi connectivity index (χ4n) is 2.93. The van der Waals surface area contributed by atoms with Gasteiger partial charge in [-0.05, 0) is 18.1 Å². The van der Waals surface area contributed by atoms with Crippen molar-refractivity contribution in [1.29, 1.82) is 0 Å². The number of nitrogens with zero attached hydrogens (tertiary/aromatic N) is 1. The second-order valence-electron chi connectivity index (χ2n) is 5.46. The van der Waals surface area contributed by atoms with Gasteiger partial charge in [0.1, 0.15) is 5.82 Å². The van der Waals surface area contributed by atoms with Gasteiger partial charge in [0, 0.05) is 16.5 Å². The minimum absolute atomic E-state index is 0.829. The molecule has 3 rings (SSSR count). The van der Waals surface area contributed by atoms with Gasteiger partial charge in [0.15, 0.2) is 0 Å². The third kappa shape index (κ3) is 3.27. The fraction of sp³-hybridized carbons (Fsp3) is 0.438. The summed E-state index contributed by atoms with van der Waals surface area (Å²) in [5.41, 5.74) is 2.31. The molecule has 0 unspecified atom stereocenters. The highest BCUT2D eigenvalue weighted by Crippen LogP contribution is 2.27. The summed E-state index contributed by atoms with van der Waals surface area (Å²) in [6, 6.07) is 8.34. The normalized spacial score (nSPS) is 16.7. The summed E-state index contributed by atoms with van der Waals surface area (Å²) in [5, 5.41) is 0. The second kappa shape index (κ2) is 5.91. The number of halogens is 1. The van der Waals surface area contributed by atoms with Gasteiger partial charge in [0.25, 0.3) is 0 Å². The van der Waals surface area contributed by atoms with Crippen LogP contribution in [0.5, 0.6) is 0 Å². The van der Waals surface area contributed by atoms with Crippen LogP contribution < -0.4 is 0 Å². The molecule has 19 heavy (non-hydrogen) atoms. The predicted octanol–water partition coefficient (Wildman–Crippen LogP) is 4.96. The minimum atomic E-state index is 0.829. The SMILES string of the molecule is Brc1cccc(-c2cnc(CC3CCCCC3)[nH]2)c1. The highest BCUT2D eigenvalue weighted by Gasteiger charge is 2.15. The number of aromatic amines is 1. The number of hydrogen-bond donors (Lipinski definition) is 1. The van der Waals surface area contributed by atoms with Gasteiger partial charge in [-0.15, -0.1) is 0 Å². The van der Waals surface area contributed by atoms with E-state index in [4.69, 9.17) is 0 Å². The van der Waals surface area contributed by atoms with Crippen LogP contribution in [-0.2, 0) is 6.42 Å². The highest BCUT2D eigenvalue weighted by molar-refractivity contribution is 9.10. The molecule has 0 radical (unpaired) electrons. The molecule has 1 aliphatic carbocycles. The van der Waals surface area contributed by atoms with Gasteiger partial charge in [0.2, 0.25) is 0 Å². The first-order valence-electron chi connectivity index (χ1n) is 7.11. The second-order valence-corrected chi connectivity index (χ2v) is 6.38. The lowest BCUT2D eigenvalue weighted by molar-refractivity contribution is 0.352. The van der Waals surface area contributed by atoms with E-state index in [1.54, 1.807) is 0 Å². The molecule has 0 amide bonds. The van der Waals surface area contributed by atoms with Crippen molar-refractivity contribution >= 4 is 15.9 Å². The molecule has 2 aromatic rings. The molecule has 0 spiro atoms. The van der Waals surface area contributed by atoms with Gasteiger partial charge in [-0.3, -0.25) is 0 Å². The van der Waals surface area contributed by atoms with Crippen LogP contribution in [0.3, 0.4) is 0 Å². The van der Waals surface area contributed by atoms with Crippen molar-refractivity contribution in [2.45, 2.75) is 38.5 Å². The highest BCUT2D eigenvalue weighted by atomic mass is 79.9. The van der Waals surface area contributed by atoms with Gasteiger partial charge in [-0.2, -0.15) is 0 Å². The summed E-state index contributed by atoms with van der Waals surface area (Å²) in [7, 11) is 0. The molecule has 0 saturated heterocycles. The van der Waals surface area contributed by atoms with E-state index in [0.717, 1.165) is 28.3 Å². The van der Waals surface area contributed by atoms with Crippen LogP contribution in [-0.4, -0.2) is 9.97 Å². The lowest BCUT2D eigenvalue weighted by atomic mass is 9.87. The number of hydrogen-bond acceptors (Lipinski definition) is 1. The quantitative estimate of drug-likeness (QED) is 0.851. The molecule has 2 nitrogen and oxygen atoms in total. The van der Waals surface area contributed by atoms with Gasteiger partial charge in [-0.25, -0.2) is 4.98 Å². The van der Waals surface area contributed by atoms with Crippen LogP contribution in [0.2, 0.25) is 0 Å². The summed E-state index contributed by atoms with van der Waals surface area (Å²) in [6.45, 7) is 0. The number of aromatic nitrogens is 2. The molecule has 1 N–H and O–H groups in total. The Kier molecular flexibility index (Phi) is 4.02. The third-order valence-electron chi connectivity index (χ3n) is 3.97. The van der Waals surface area contributed by atoms with Gasteiger partial charge in [0.05, 0.1) is 11.9 Å². The number of benzene rings is 1. The number of rotatable bonds is 3. The monoisotopic (exact) mass is 318 g/mol. The van der Waals surface area contributed by atoms with E-state index in [0.29, 0.717) is 0 Å². The minimum Gasteiger partial charge on any atom is -0.342 e. The summed E-state index contributed by atoms with van der Waals surface area (Å²) < 4.78 is 1.11. The summed E-state index contributed by atoms with van der Waals surface area (Å²) in [6.07, 6.45) is 10.00. The van der Waals surface area contributed by atoms with Crippen LogP contribution in [0.1, 0.15) is 37.9 Å². The van der Waals surface area contributed by atoms with E-state index >= 15 is 0 Å². The zero-order chi connectivity index (χ0) is 13.1. The summed E-state index contributed by atoms with van der Waals surface area (Å²) in [4.78, 5) is 8.02. The van der Waals surface area contributed by atoms with Crippen molar-refractivity contribution in [3.8, 4) is 11.3 Å². The van der Waals surface area contributed by atoms with Gasteiger partial charge >= 0.3 is 0 Å². The smallest absolute Gasteiger partial charge is 0.106 e. The molecule has 1 saturated carbocycles. The number of imidazole rings is 1. The van der Waals surface area contributed by atoms with Gasteiger partial charge in [-0.1, -0.05) is 60.2 Å². The Morgan fingerprint density at radius 3 is 2.84 bits per heavy atom. The molecule has 1 aromatic carbocycles. The van der Waals surface area contributed by atoms with E-state index in [2.05, 4.69) is 44.1 Å². The molecule has 1 aromatic heterocycles. The zero-order valence-corrected chi connectivity index (χ0v) is 12.6. The Labute approximate surface area is 122 Å². The molecule has 3 heteroatoms. The van der Waals surface area contributed by atoms with E-state index in [1.807, 2.05) is 12.3 Å². The summed E-state index contributed by atoms with van der Waals surface area (Å²) in [5.74, 6) is 1.97. The standard InChI is InChI=1S/C16H19BrN2/c17-14-8-4-7-13(10-14)15-11-18-16(19-15)9-12-5-2-1-3-6-12/h4,7-8,10-12H,1-3,5-6,9H2,(H,18,19). The maximum absolute atomic E-state index is 4.55. The van der Waals surface area contributed by atoms with Crippen molar-refractivity contribution in [1.82, 2.24) is 9.97 Å². The molecule has 1 aliphatic rings. The molecule has 100 valence electrons. The number of nitrogens with one attached hydrogen (secondary N) is 1. The van der Waals surface area contributed by atoms with Crippen molar-refractivity contribution < 1.29 is 0 Å². The molecule has 1 fully saturated rings. The van der Waals surface area contributed by atoms with E-state index in [1.165, 1.54) is 37.7 Å². The molecule has 1 heterocycles. The lowest BCUT2D eigenvalue weighted by Crippen LogP contribution is -2.10. The Bertz CT molecular complexity index is 541. The Hall–Kier alpha value is -1.09. The Balaban J connectivity index is 1.72. The van der Waals surface area contributed by atoms with Crippen molar-refractivity contribution in [3.63, 3.8) is 0 Å². The zero-order valence-electron chi connectivity index (χ0n) is 11.0. The maximum atomic E-state index is 4.55. The first-order chi connectivity index (χ1) is 9.31. The Morgan fingerprint density at radius 2 is 2.05 bits per heavy atom. The first kappa shape index (κ1) is 12.9. The maximum Gasteiger partial charge on any atom is 0.106 e. The average Bonchev–Trinajstić information content (AvgIpc) is 2.88. The largest absolute Gasteiger partial charge is 0.342 e. The lowest BCUT2D eigenvalue weighted by Gasteiger charge is -2.20. The van der Waals surface area contributed by atoms with Crippen molar-refractivity contribution in [2.75, 3.05) is 0 Å². The van der Waals surface area contributed by atoms with Crippen molar-refractivity contribution in [2.24, 2.45) is 5.92 Å². The third-order valence-corrected chi connectivity index (χ3v) is 4.46. The van der Waals surface area contributed by atoms with Crippen LogP contribution in [0.15, 0.2) is 34.9 Å². The number of H-pyrrole nitrogens is 1. The molecule has 0 aliphatic heterocycles. The van der Waals surface area contributed by atoms with Crippen molar-refractivity contribution in [3.05, 3.63) is 40.8 Å². The molecular formula is C16H19BrN2. The van der Waals surface area contributed by atoms with Crippen LogP contribution in [0, 0.1) is 5.92 Å². The molecule has 0 bridgehead atoms. The summed E-state index contributed by atoms with van der Waals surface area (Å²) >= 11 is 3.51. The van der Waals surface area contributed by atoms with E-state index < -0.39 is 0 Å². The topological polar surface area (TPSA) is 28.7 Å². The van der Waals surface area contributed by atoms with E-state index in [-0.39, 0.29) is 0 Å². The molecule has 0 atom stereocenters. The average molecular weight is 319 g/mol. The van der Waals surface area contributed by atoms with E-state index in [9.17, 15) is 0 Å². The van der Waals surface area contributed by atoms with Gasteiger partial charge < -0.3 is 4.98 Å². The fourth-order valence-corrected chi connectivity index (χ4v) is 3.33.